The number of rotatable bonds is 6. The Balaban J connectivity index is 1.67. The van der Waals surface area contributed by atoms with E-state index in [-0.39, 0.29) is 0 Å². The Bertz CT molecular complexity index is 406. The third-order valence-electron chi connectivity index (χ3n) is 3.92. The summed E-state index contributed by atoms with van der Waals surface area (Å²) in [5.74, 6) is 1.57. The van der Waals surface area contributed by atoms with Gasteiger partial charge in [-0.2, -0.15) is 0 Å². The standard InChI is InChI=1S/C15H24BNO3/c1-13-6-9-17(10-7-13)8-3-11-20-15-5-2-4-14(12-15)16(18)19/h2,4-5,12-13,18-19H,3,6-11H2,1H3. The zero-order chi connectivity index (χ0) is 14.4. The molecule has 0 aromatic heterocycles. The lowest BCUT2D eigenvalue weighted by molar-refractivity contribution is 0.177. The van der Waals surface area contributed by atoms with E-state index in [0.29, 0.717) is 17.8 Å². The summed E-state index contributed by atoms with van der Waals surface area (Å²) in [7, 11) is -1.44. The van der Waals surface area contributed by atoms with E-state index in [2.05, 4.69) is 11.8 Å². The second-order valence-corrected chi connectivity index (χ2v) is 5.67. The number of nitrogens with zero attached hydrogens (tertiary/aromatic N) is 1. The molecule has 0 radical (unpaired) electrons. The molecule has 1 aliphatic heterocycles. The first-order valence-corrected chi connectivity index (χ1v) is 7.46. The summed E-state index contributed by atoms with van der Waals surface area (Å²) >= 11 is 0. The van der Waals surface area contributed by atoms with Crippen molar-refractivity contribution in [3.05, 3.63) is 24.3 Å². The monoisotopic (exact) mass is 277 g/mol. The van der Waals surface area contributed by atoms with E-state index in [0.717, 1.165) is 18.9 Å². The summed E-state index contributed by atoms with van der Waals surface area (Å²) in [5.41, 5.74) is 0.465. The van der Waals surface area contributed by atoms with Crippen LogP contribution < -0.4 is 10.2 Å². The summed E-state index contributed by atoms with van der Waals surface area (Å²) in [6.45, 7) is 6.47. The Morgan fingerprint density at radius 1 is 1.30 bits per heavy atom. The molecule has 20 heavy (non-hydrogen) atoms. The van der Waals surface area contributed by atoms with E-state index in [4.69, 9.17) is 14.8 Å². The SMILES string of the molecule is CC1CCN(CCCOc2cccc(B(O)O)c2)CC1. The minimum absolute atomic E-state index is 0.465. The molecule has 4 nitrogen and oxygen atoms in total. The van der Waals surface area contributed by atoms with E-state index in [1.54, 1.807) is 18.2 Å². The topological polar surface area (TPSA) is 52.9 Å². The minimum Gasteiger partial charge on any atom is -0.494 e. The van der Waals surface area contributed by atoms with Gasteiger partial charge in [-0.3, -0.25) is 0 Å². The molecule has 0 amide bonds. The van der Waals surface area contributed by atoms with Crippen molar-refractivity contribution in [1.29, 1.82) is 0 Å². The van der Waals surface area contributed by atoms with Crippen LogP contribution in [0.25, 0.3) is 0 Å². The fourth-order valence-corrected chi connectivity index (χ4v) is 2.53. The number of ether oxygens (including phenoxy) is 1. The van der Waals surface area contributed by atoms with Gasteiger partial charge in [-0.1, -0.05) is 19.1 Å². The molecule has 1 aromatic rings. The Morgan fingerprint density at radius 3 is 2.75 bits per heavy atom. The smallest absolute Gasteiger partial charge is 0.488 e. The summed E-state index contributed by atoms with van der Waals surface area (Å²) in [6, 6.07) is 6.96. The highest BCUT2D eigenvalue weighted by Crippen LogP contribution is 2.16. The van der Waals surface area contributed by atoms with E-state index < -0.39 is 7.12 Å². The van der Waals surface area contributed by atoms with Crippen molar-refractivity contribution in [1.82, 2.24) is 4.90 Å². The van der Waals surface area contributed by atoms with Crippen LogP contribution in [0.2, 0.25) is 0 Å². The fourth-order valence-electron chi connectivity index (χ4n) is 2.53. The first kappa shape index (κ1) is 15.4. The largest absolute Gasteiger partial charge is 0.494 e. The van der Waals surface area contributed by atoms with Gasteiger partial charge in [0.15, 0.2) is 0 Å². The van der Waals surface area contributed by atoms with Crippen LogP contribution in [0, 0.1) is 5.92 Å². The molecule has 1 aliphatic rings. The lowest BCUT2D eigenvalue weighted by Crippen LogP contribution is -2.34. The fraction of sp³-hybridized carbons (Fsp3) is 0.600. The minimum atomic E-state index is -1.44. The molecule has 0 spiro atoms. The van der Waals surface area contributed by atoms with Gasteiger partial charge in [0.25, 0.3) is 0 Å². The molecule has 1 saturated heterocycles. The molecule has 1 aromatic carbocycles. The van der Waals surface area contributed by atoms with Crippen LogP contribution in [-0.2, 0) is 0 Å². The van der Waals surface area contributed by atoms with Gasteiger partial charge in [-0.05, 0) is 55.9 Å². The van der Waals surface area contributed by atoms with E-state index in [1.807, 2.05) is 6.07 Å². The highest BCUT2D eigenvalue weighted by Gasteiger charge is 2.15. The van der Waals surface area contributed by atoms with Gasteiger partial charge in [-0.25, -0.2) is 0 Å². The first-order chi connectivity index (χ1) is 9.65. The van der Waals surface area contributed by atoms with Crippen molar-refractivity contribution in [3.63, 3.8) is 0 Å². The van der Waals surface area contributed by atoms with Crippen molar-refractivity contribution in [3.8, 4) is 5.75 Å². The van der Waals surface area contributed by atoms with Crippen molar-refractivity contribution in [2.45, 2.75) is 26.2 Å². The van der Waals surface area contributed by atoms with E-state index >= 15 is 0 Å². The van der Waals surface area contributed by atoms with Crippen molar-refractivity contribution < 1.29 is 14.8 Å². The number of hydrogen-bond donors (Lipinski definition) is 2. The van der Waals surface area contributed by atoms with E-state index in [1.165, 1.54) is 25.9 Å². The maximum atomic E-state index is 9.10. The molecule has 110 valence electrons. The molecule has 1 fully saturated rings. The predicted molar refractivity (Wildman–Crippen MR) is 81.2 cm³/mol. The van der Waals surface area contributed by atoms with Crippen LogP contribution in [0.4, 0.5) is 0 Å². The molecule has 0 saturated carbocycles. The second kappa shape index (κ2) is 7.67. The van der Waals surface area contributed by atoms with Crippen molar-refractivity contribution in [2.24, 2.45) is 5.92 Å². The number of benzene rings is 1. The molecule has 2 N–H and O–H groups in total. The number of likely N-dealkylation sites (tertiary alicyclic amines) is 1. The van der Waals surface area contributed by atoms with Gasteiger partial charge >= 0.3 is 7.12 Å². The predicted octanol–water partition coefficient (Wildman–Crippen LogP) is 0.867. The molecule has 0 aliphatic carbocycles. The summed E-state index contributed by atoms with van der Waals surface area (Å²) in [4.78, 5) is 2.50. The van der Waals surface area contributed by atoms with Crippen LogP contribution in [0.3, 0.4) is 0 Å². The van der Waals surface area contributed by atoms with Crippen LogP contribution in [0.5, 0.6) is 5.75 Å². The maximum absolute atomic E-state index is 9.10. The molecule has 0 bridgehead atoms. The lowest BCUT2D eigenvalue weighted by Gasteiger charge is -2.30. The quantitative estimate of drug-likeness (QED) is 0.598. The normalized spacial score (nSPS) is 17.1. The summed E-state index contributed by atoms with van der Waals surface area (Å²) < 4.78 is 5.66. The molecule has 5 heteroatoms. The van der Waals surface area contributed by atoms with Crippen LogP contribution in [0.15, 0.2) is 24.3 Å². The van der Waals surface area contributed by atoms with Gasteiger partial charge in [0, 0.05) is 6.54 Å². The van der Waals surface area contributed by atoms with Crippen LogP contribution in [-0.4, -0.2) is 48.3 Å². The van der Waals surface area contributed by atoms with Crippen LogP contribution >= 0.6 is 0 Å². The first-order valence-electron chi connectivity index (χ1n) is 7.46. The third kappa shape index (κ3) is 4.82. The Morgan fingerprint density at radius 2 is 2.05 bits per heavy atom. The van der Waals surface area contributed by atoms with Gasteiger partial charge in [-0.15, -0.1) is 0 Å². The van der Waals surface area contributed by atoms with E-state index in [9.17, 15) is 0 Å². The van der Waals surface area contributed by atoms with Gasteiger partial charge < -0.3 is 19.7 Å². The Kier molecular flexibility index (Phi) is 5.89. The number of hydrogen-bond acceptors (Lipinski definition) is 4. The molecule has 1 heterocycles. The highest BCUT2D eigenvalue weighted by molar-refractivity contribution is 6.58. The molecular weight excluding hydrogens is 253 g/mol. The molecule has 2 rings (SSSR count). The molecular formula is C15H24BNO3. The average molecular weight is 277 g/mol. The summed E-state index contributed by atoms with van der Waals surface area (Å²) in [6.07, 6.45) is 3.61. The third-order valence-corrected chi connectivity index (χ3v) is 3.92. The van der Waals surface area contributed by atoms with Crippen molar-refractivity contribution >= 4 is 12.6 Å². The Labute approximate surface area is 121 Å². The zero-order valence-corrected chi connectivity index (χ0v) is 12.2. The number of piperidine rings is 1. The van der Waals surface area contributed by atoms with Gasteiger partial charge in [0.05, 0.1) is 6.61 Å². The Hall–Kier alpha value is -1.04. The summed E-state index contributed by atoms with van der Waals surface area (Å²) in [5, 5.41) is 18.2. The van der Waals surface area contributed by atoms with Gasteiger partial charge in [0.1, 0.15) is 5.75 Å². The van der Waals surface area contributed by atoms with Crippen LogP contribution in [0.1, 0.15) is 26.2 Å². The zero-order valence-electron chi connectivity index (χ0n) is 12.2. The maximum Gasteiger partial charge on any atom is 0.488 e. The molecule has 0 atom stereocenters. The van der Waals surface area contributed by atoms with Crippen molar-refractivity contribution in [2.75, 3.05) is 26.2 Å². The second-order valence-electron chi connectivity index (χ2n) is 5.67. The lowest BCUT2D eigenvalue weighted by atomic mass is 9.80. The highest BCUT2D eigenvalue weighted by atomic mass is 16.5. The van der Waals surface area contributed by atoms with Gasteiger partial charge in [0.2, 0.25) is 0 Å². The molecule has 0 unspecified atom stereocenters. The average Bonchev–Trinajstić information content (AvgIpc) is 2.46.